The predicted molar refractivity (Wildman–Crippen MR) is 91.0 cm³/mol. The predicted octanol–water partition coefficient (Wildman–Crippen LogP) is 2.58. The average Bonchev–Trinajstić information content (AvgIpc) is 3.24. The van der Waals surface area contributed by atoms with Gasteiger partial charge in [0, 0.05) is 31.7 Å². The number of hydrogen-bond donors (Lipinski definition) is 2. The van der Waals surface area contributed by atoms with Crippen molar-refractivity contribution in [3.63, 3.8) is 0 Å². The van der Waals surface area contributed by atoms with E-state index in [1.807, 2.05) is 19.1 Å². The van der Waals surface area contributed by atoms with Crippen LogP contribution in [0.1, 0.15) is 26.2 Å². The number of ether oxygens (including phenoxy) is 1. The Balaban J connectivity index is 1.61. The quantitative estimate of drug-likeness (QED) is 0.618. The van der Waals surface area contributed by atoms with E-state index >= 15 is 0 Å². The molecule has 132 valence electrons. The molecule has 1 aliphatic carbocycles. The summed E-state index contributed by atoms with van der Waals surface area (Å²) in [4.78, 5) is 6.55. The summed E-state index contributed by atoms with van der Waals surface area (Å²) < 4.78 is 29.8. The fraction of sp³-hybridized carbons (Fsp3) is 0.588. The van der Waals surface area contributed by atoms with Crippen molar-refractivity contribution in [2.24, 2.45) is 4.99 Å². The maximum absolute atomic E-state index is 12.6. The molecule has 1 heterocycles. The van der Waals surface area contributed by atoms with E-state index in [9.17, 15) is 8.78 Å². The molecule has 1 saturated heterocycles. The molecule has 0 radical (unpaired) electrons. The van der Waals surface area contributed by atoms with E-state index in [4.69, 9.17) is 0 Å². The highest BCUT2D eigenvalue weighted by atomic mass is 19.3. The van der Waals surface area contributed by atoms with Gasteiger partial charge in [-0.25, -0.2) is 0 Å². The summed E-state index contributed by atoms with van der Waals surface area (Å²) in [7, 11) is 0. The molecule has 0 aromatic heterocycles. The van der Waals surface area contributed by atoms with Gasteiger partial charge in [-0.05, 0) is 38.3 Å². The second kappa shape index (κ2) is 7.68. The van der Waals surface area contributed by atoms with Crippen LogP contribution in [0.3, 0.4) is 0 Å². The van der Waals surface area contributed by atoms with Gasteiger partial charge in [-0.2, -0.15) is 8.78 Å². The molecule has 0 bridgehead atoms. The maximum atomic E-state index is 12.6. The summed E-state index contributed by atoms with van der Waals surface area (Å²) in [5.41, 5.74) is 0.714. The molecule has 3 rings (SSSR count). The van der Waals surface area contributed by atoms with E-state index in [0.717, 1.165) is 32.0 Å². The Morgan fingerprint density at radius 1 is 1.25 bits per heavy atom. The Hall–Kier alpha value is -2.05. The average molecular weight is 338 g/mol. The Labute approximate surface area is 141 Å². The zero-order valence-electron chi connectivity index (χ0n) is 13.8. The van der Waals surface area contributed by atoms with Crippen molar-refractivity contribution >= 4 is 11.6 Å². The number of alkyl halides is 2. The third-order valence-corrected chi connectivity index (χ3v) is 4.19. The first-order chi connectivity index (χ1) is 11.7. The number of nitrogens with zero attached hydrogens (tertiary/aromatic N) is 2. The van der Waals surface area contributed by atoms with Crippen LogP contribution in [0.25, 0.3) is 0 Å². The lowest BCUT2D eigenvalue weighted by molar-refractivity contribution is -0.0495. The molecular weight excluding hydrogens is 314 g/mol. The van der Waals surface area contributed by atoms with Gasteiger partial charge in [-0.15, -0.1) is 0 Å². The van der Waals surface area contributed by atoms with E-state index in [-0.39, 0.29) is 11.8 Å². The van der Waals surface area contributed by atoms with Crippen molar-refractivity contribution in [3.8, 4) is 5.75 Å². The molecule has 1 saturated carbocycles. The number of benzene rings is 1. The van der Waals surface area contributed by atoms with E-state index in [1.165, 1.54) is 12.8 Å². The molecule has 24 heavy (non-hydrogen) atoms. The summed E-state index contributed by atoms with van der Waals surface area (Å²) in [6.45, 7) is 1.45. The summed E-state index contributed by atoms with van der Waals surface area (Å²) in [6, 6.07) is 7.73. The first kappa shape index (κ1) is 16.8. The number of anilines is 1. The van der Waals surface area contributed by atoms with Crippen LogP contribution in [0.2, 0.25) is 0 Å². The van der Waals surface area contributed by atoms with Crippen molar-refractivity contribution in [1.82, 2.24) is 10.6 Å². The molecule has 1 aliphatic heterocycles. The van der Waals surface area contributed by atoms with Crippen LogP contribution in [0.4, 0.5) is 14.5 Å². The zero-order chi connectivity index (χ0) is 16.9. The van der Waals surface area contributed by atoms with Crippen LogP contribution in [-0.2, 0) is 0 Å². The number of halogens is 2. The van der Waals surface area contributed by atoms with Gasteiger partial charge in [0.2, 0.25) is 0 Å². The molecule has 0 amide bonds. The summed E-state index contributed by atoms with van der Waals surface area (Å²) in [5.74, 6) is 1.08. The lowest BCUT2D eigenvalue weighted by atomic mass is 10.2. The highest BCUT2D eigenvalue weighted by molar-refractivity contribution is 5.81. The molecular formula is C17H24F2N4O. The maximum Gasteiger partial charge on any atom is 0.387 e. The van der Waals surface area contributed by atoms with Gasteiger partial charge in [0.15, 0.2) is 5.96 Å². The highest BCUT2D eigenvalue weighted by Gasteiger charge is 2.28. The van der Waals surface area contributed by atoms with E-state index in [2.05, 4.69) is 25.3 Å². The Bertz CT molecular complexity index is 577. The fourth-order valence-electron chi connectivity index (χ4n) is 2.92. The topological polar surface area (TPSA) is 48.9 Å². The molecule has 1 aromatic carbocycles. The number of rotatable bonds is 6. The van der Waals surface area contributed by atoms with Crippen molar-refractivity contribution in [2.45, 2.75) is 44.9 Å². The molecule has 2 aliphatic rings. The molecule has 0 spiro atoms. The van der Waals surface area contributed by atoms with Gasteiger partial charge in [0.05, 0.1) is 5.69 Å². The molecule has 1 atom stereocenters. The van der Waals surface area contributed by atoms with Gasteiger partial charge in [-0.1, -0.05) is 12.1 Å². The highest BCUT2D eigenvalue weighted by Crippen LogP contribution is 2.31. The molecule has 2 N–H and O–H groups in total. The third kappa shape index (κ3) is 4.49. The van der Waals surface area contributed by atoms with E-state index in [0.29, 0.717) is 11.7 Å². The van der Waals surface area contributed by atoms with Crippen LogP contribution < -0.4 is 20.3 Å². The summed E-state index contributed by atoms with van der Waals surface area (Å²) >= 11 is 0. The second-order valence-electron chi connectivity index (χ2n) is 6.16. The SMILES string of the molecule is CCN=C(NC1CC1)NC1CCN(c2ccccc2OC(F)F)C1. The first-order valence-electron chi connectivity index (χ1n) is 8.52. The van der Waals surface area contributed by atoms with Gasteiger partial charge < -0.3 is 20.3 Å². The van der Waals surface area contributed by atoms with Crippen molar-refractivity contribution in [1.29, 1.82) is 0 Å². The van der Waals surface area contributed by atoms with Crippen LogP contribution in [0.5, 0.6) is 5.75 Å². The number of hydrogen-bond acceptors (Lipinski definition) is 3. The largest absolute Gasteiger partial charge is 0.433 e. The minimum atomic E-state index is -2.81. The normalized spacial score (nSPS) is 21.2. The van der Waals surface area contributed by atoms with Crippen LogP contribution in [0, 0.1) is 0 Å². The molecule has 1 aromatic rings. The standard InChI is InChI=1S/C17H24F2N4O/c1-2-20-17(21-12-7-8-12)22-13-9-10-23(11-13)14-5-3-4-6-15(14)24-16(18)19/h3-6,12-13,16H,2,7-11H2,1H3,(H2,20,21,22). The molecule has 2 fully saturated rings. The van der Waals surface area contributed by atoms with Crippen LogP contribution >= 0.6 is 0 Å². The summed E-state index contributed by atoms with van der Waals surface area (Å²) in [6.07, 6.45) is 3.32. The van der Waals surface area contributed by atoms with Gasteiger partial charge in [0.25, 0.3) is 0 Å². The molecule has 7 heteroatoms. The fourth-order valence-corrected chi connectivity index (χ4v) is 2.92. The monoisotopic (exact) mass is 338 g/mol. The second-order valence-corrected chi connectivity index (χ2v) is 6.16. The number of para-hydroxylation sites is 2. The van der Waals surface area contributed by atoms with Crippen LogP contribution in [-0.4, -0.2) is 44.3 Å². The third-order valence-electron chi connectivity index (χ3n) is 4.19. The van der Waals surface area contributed by atoms with Crippen molar-refractivity contribution in [2.75, 3.05) is 24.5 Å². The number of guanidine groups is 1. The zero-order valence-corrected chi connectivity index (χ0v) is 13.8. The number of aliphatic imine (C=N–C) groups is 1. The van der Waals surface area contributed by atoms with E-state index in [1.54, 1.807) is 12.1 Å². The Morgan fingerprint density at radius 2 is 2.00 bits per heavy atom. The van der Waals surface area contributed by atoms with Crippen molar-refractivity contribution < 1.29 is 13.5 Å². The minimum Gasteiger partial charge on any atom is -0.433 e. The Morgan fingerprint density at radius 3 is 2.71 bits per heavy atom. The van der Waals surface area contributed by atoms with Crippen LogP contribution in [0.15, 0.2) is 29.3 Å². The Kier molecular flexibility index (Phi) is 5.37. The van der Waals surface area contributed by atoms with Gasteiger partial charge in [-0.3, -0.25) is 4.99 Å². The van der Waals surface area contributed by atoms with Gasteiger partial charge >= 0.3 is 6.61 Å². The lowest BCUT2D eigenvalue weighted by Gasteiger charge is -2.22. The minimum absolute atomic E-state index is 0.228. The molecule has 1 unspecified atom stereocenters. The molecule has 5 nitrogen and oxygen atoms in total. The van der Waals surface area contributed by atoms with E-state index < -0.39 is 6.61 Å². The summed E-state index contributed by atoms with van der Waals surface area (Å²) in [5, 5.41) is 6.86. The smallest absolute Gasteiger partial charge is 0.387 e. The van der Waals surface area contributed by atoms with Crippen molar-refractivity contribution in [3.05, 3.63) is 24.3 Å². The lowest BCUT2D eigenvalue weighted by Crippen LogP contribution is -2.45. The first-order valence-corrected chi connectivity index (χ1v) is 8.52. The van der Waals surface area contributed by atoms with Gasteiger partial charge in [0.1, 0.15) is 5.75 Å². The number of nitrogens with one attached hydrogen (secondary N) is 2.